The van der Waals surface area contributed by atoms with Gasteiger partial charge in [-0.05, 0) is 36.3 Å². The Hall–Kier alpha value is 0.454. The van der Waals surface area contributed by atoms with Gasteiger partial charge in [0.2, 0.25) is 0 Å². The Kier molecular flexibility index (Phi) is 19.3. The van der Waals surface area contributed by atoms with Crippen LogP contribution in [0, 0.1) is 0 Å². The van der Waals surface area contributed by atoms with E-state index in [1.54, 1.807) is 0 Å². The van der Waals surface area contributed by atoms with Gasteiger partial charge in [-0.25, -0.2) is 0 Å². The van der Waals surface area contributed by atoms with Crippen molar-refractivity contribution < 1.29 is 13.0 Å². The summed E-state index contributed by atoms with van der Waals surface area (Å²) in [6.07, 6.45) is 14.4. The third-order valence-corrected chi connectivity index (χ3v) is 18.3. The van der Waals surface area contributed by atoms with Crippen molar-refractivity contribution in [1.29, 1.82) is 0 Å². The molecule has 3 nitrogen and oxygen atoms in total. The van der Waals surface area contributed by atoms with Crippen molar-refractivity contribution >= 4 is 24.9 Å². The third-order valence-electron chi connectivity index (χ3n) is 6.45. The molecule has 0 radical (unpaired) electrons. The molecule has 0 bridgehead atoms. The van der Waals surface area contributed by atoms with Crippen molar-refractivity contribution in [3.05, 3.63) is 0 Å². The monoisotopic (exact) mass is 477 g/mol. The fourth-order valence-electron chi connectivity index (χ4n) is 4.35. The maximum Gasteiger partial charge on any atom is 0.673 e. The lowest BCUT2D eigenvalue weighted by atomic mass is 10.4. The minimum atomic E-state index is -2.00. The molecule has 180 valence electrons. The zero-order valence-corrected chi connectivity index (χ0v) is 24.3. The van der Waals surface area contributed by atoms with E-state index in [-0.39, 0.29) is 0 Å². The highest BCUT2D eigenvalue weighted by Crippen LogP contribution is 2.44. The standard InChI is InChI=1S/C24H54O3PSi2/c1-7-13-19-29(20-14-8-2,21-15-9-3)26-28(25)27-30(22-16-10-4,23-17-11-5)24-18-12-6/h7-24H2,1-6H3/q+1. The van der Waals surface area contributed by atoms with Crippen LogP contribution in [0.1, 0.15) is 119 Å². The Bertz CT molecular complexity index is 342. The van der Waals surface area contributed by atoms with E-state index in [0.29, 0.717) is 0 Å². The van der Waals surface area contributed by atoms with Gasteiger partial charge in [0.1, 0.15) is 0 Å². The van der Waals surface area contributed by atoms with Gasteiger partial charge < -0.3 is 0 Å². The van der Waals surface area contributed by atoms with Gasteiger partial charge in [0.25, 0.3) is 16.6 Å². The second kappa shape index (κ2) is 19.0. The van der Waals surface area contributed by atoms with E-state index >= 15 is 0 Å². The molecule has 6 heteroatoms. The highest BCUT2D eigenvalue weighted by Gasteiger charge is 2.49. The van der Waals surface area contributed by atoms with Crippen LogP contribution in [0.4, 0.5) is 0 Å². The molecule has 0 amide bonds. The largest absolute Gasteiger partial charge is 0.673 e. The maximum absolute atomic E-state index is 13.4. The van der Waals surface area contributed by atoms with E-state index in [2.05, 4.69) is 41.5 Å². The number of hydrogen-bond donors (Lipinski definition) is 0. The minimum absolute atomic E-state index is 1.15. The van der Waals surface area contributed by atoms with Gasteiger partial charge in [-0.3, -0.25) is 0 Å². The number of hydrogen-bond acceptors (Lipinski definition) is 3. The van der Waals surface area contributed by atoms with Gasteiger partial charge in [-0.15, -0.1) is 0 Å². The fraction of sp³-hybridized carbons (Fsp3) is 1.00. The molecule has 0 aromatic heterocycles. The van der Waals surface area contributed by atoms with Crippen molar-refractivity contribution in [2.75, 3.05) is 0 Å². The van der Waals surface area contributed by atoms with E-state index < -0.39 is 24.9 Å². The molecule has 0 atom stereocenters. The molecule has 0 rings (SSSR count). The van der Waals surface area contributed by atoms with Crippen LogP contribution in [0.25, 0.3) is 0 Å². The zero-order chi connectivity index (χ0) is 22.7. The molecule has 0 aromatic rings. The maximum atomic E-state index is 13.4. The Morgan fingerprint density at radius 2 is 0.667 bits per heavy atom. The molecular formula is C24H54O3PSi2+. The molecule has 0 N–H and O–H groups in total. The first-order valence-corrected chi connectivity index (χ1v) is 19.5. The first-order valence-electron chi connectivity index (χ1n) is 13.3. The van der Waals surface area contributed by atoms with Crippen molar-refractivity contribution in [1.82, 2.24) is 0 Å². The predicted octanol–water partition coefficient (Wildman–Crippen LogP) is 10.4. The summed E-state index contributed by atoms with van der Waals surface area (Å²) in [5.74, 6) is 0. The SMILES string of the molecule is CCCC[Si](CCCC)(CCCC)O[P+](=O)O[Si](CCCC)(CCCC)CCCC. The van der Waals surface area contributed by atoms with Gasteiger partial charge in [-0.2, -0.15) is 8.43 Å². The van der Waals surface area contributed by atoms with Crippen LogP contribution >= 0.6 is 8.25 Å². The number of rotatable bonds is 22. The van der Waals surface area contributed by atoms with Crippen LogP contribution < -0.4 is 0 Å². The van der Waals surface area contributed by atoms with E-state index in [9.17, 15) is 4.57 Å². The summed E-state index contributed by atoms with van der Waals surface area (Å²) in [4.78, 5) is 0. The fourth-order valence-corrected chi connectivity index (χ4v) is 17.0. The van der Waals surface area contributed by atoms with Gasteiger partial charge >= 0.3 is 8.25 Å². The van der Waals surface area contributed by atoms with Gasteiger partial charge in [-0.1, -0.05) is 119 Å². The van der Waals surface area contributed by atoms with Crippen LogP contribution in [0.5, 0.6) is 0 Å². The lowest BCUT2D eigenvalue weighted by molar-refractivity contribution is 0.392. The second-order valence-electron chi connectivity index (χ2n) is 9.39. The van der Waals surface area contributed by atoms with Gasteiger partial charge in [0, 0.05) is 4.57 Å². The topological polar surface area (TPSA) is 35.5 Å². The molecule has 0 saturated heterocycles. The first-order chi connectivity index (χ1) is 14.5. The summed E-state index contributed by atoms with van der Waals surface area (Å²) in [7, 11) is -5.99. The van der Waals surface area contributed by atoms with Gasteiger partial charge in [0.05, 0.1) is 0 Å². The van der Waals surface area contributed by atoms with Crippen LogP contribution in [0.3, 0.4) is 0 Å². The molecule has 30 heavy (non-hydrogen) atoms. The molecule has 0 aliphatic heterocycles. The summed E-state index contributed by atoms with van der Waals surface area (Å²) >= 11 is 0. The average molecular weight is 478 g/mol. The predicted molar refractivity (Wildman–Crippen MR) is 140 cm³/mol. The van der Waals surface area contributed by atoms with Crippen LogP contribution in [-0.2, 0) is 13.0 Å². The number of unbranched alkanes of at least 4 members (excludes halogenated alkanes) is 6. The summed E-state index contributed by atoms with van der Waals surface area (Å²) in [6, 6.07) is 6.92. The van der Waals surface area contributed by atoms with Crippen LogP contribution in [0.15, 0.2) is 0 Å². The van der Waals surface area contributed by atoms with E-state index in [4.69, 9.17) is 8.43 Å². The minimum Gasteiger partial charge on any atom is -0.176 e. The van der Waals surface area contributed by atoms with E-state index in [1.165, 1.54) is 77.0 Å². The Labute approximate surface area is 192 Å². The molecule has 0 spiro atoms. The Balaban J connectivity index is 5.50. The van der Waals surface area contributed by atoms with Gasteiger partial charge in [0.15, 0.2) is 0 Å². The van der Waals surface area contributed by atoms with Crippen molar-refractivity contribution in [3.8, 4) is 0 Å². The van der Waals surface area contributed by atoms with E-state index in [1.807, 2.05) is 0 Å². The Morgan fingerprint density at radius 1 is 0.467 bits per heavy atom. The molecule has 0 aliphatic rings. The zero-order valence-electron chi connectivity index (χ0n) is 21.4. The van der Waals surface area contributed by atoms with Crippen LogP contribution in [-0.4, -0.2) is 16.6 Å². The third kappa shape index (κ3) is 13.1. The molecule has 0 heterocycles. The summed E-state index contributed by atoms with van der Waals surface area (Å²) in [5, 5.41) is 0. The lowest BCUT2D eigenvalue weighted by Gasteiger charge is -2.28. The first kappa shape index (κ1) is 30.5. The van der Waals surface area contributed by atoms with Crippen molar-refractivity contribution in [2.45, 2.75) is 155 Å². The average Bonchev–Trinajstić information content (AvgIpc) is 2.75. The molecule has 0 aliphatic carbocycles. The quantitative estimate of drug-likeness (QED) is 0.115. The van der Waals surface area contributed by atoms with E-state index in [0.717, 1.165) is 36.3 Å². The van der Waals surface area contributed by atoms with Crippen molar-refractivity contribution in [2.24, 2.45) is 0 Å². The molecule has 0 fully saturated rings. The summed E-state index contributed by atoms with van der Waals surface area (Å²) in [6.45, 7) is 13.5. The second-order valence-corrected chi connectivity index (χ2v) is 19.0. The Morgan fingerprint density at radius 3 is 0.833 bits per heavy atom. The molecular weight excluding hydrogens is 423 g/mol. The lowest BCUT2D eigenvalue weighted by Crippen LogP contribution is -2.39. The van der Waals surface area contributed by atoms with Crippen LogP contribution in [0.2, 0.25) is 36.3 Å². The smallest absolute Gasteiger partial charge is 0.176 e. The summed E-state index contributed by atoms with van der Waals surface area (Å²) in [5.41, 5.74) is 0. The molecule has 0 saturated carbocycles. The summed E-state index contributed by atoms with van der Waals surface area (Å²) < 4.78 is 26.6. The molecule has 0 aromatic carbocycles. The van der Waals surface area contributed by atoms with Crippen molar-refractivity contribution in [3.63, 3.8) is 0 Å². The normalized spacial score (nSPS) is 12.5. The highest BCUT2D eigenvalue weighted by molar-refractivity contribution is 7.38. The highest BCUT2D eigenvalue weighted by atomic mass is 31.1. The molecule has 0 unspecified atom stereocenters.